The second-order valence-electron chi connectivity index (χ2n) is 3.91. The van der Waals surface area contributed by atoms with E-state index in [1.807, 2.05) is 6.92 Å². The SMILES string of the molecule is CCCCC(N)c1nc(CCC(F)(F)F)no1. The summed E-state index contributed by atoms with van der Waals surface area (Å²) in [6, 6.07) is -0.387. The highest BCUT2D eigenvalue weighted by molar-refractivity contribution is 4.92. The minimum absolute atomic E-state index is 0.0595. The molecule has 0 aliphatic heterocycles. The van der Waals surface area contributed by atoms with Crippen molar-refractivity contribution >= 4 is 0 Å². The molecule has 17 heavy (non-hydrogen) atoms. The summed E-state index contributed by atoms with van der Waals surface area (Å²) in [5.74, 6) is 0.278. The summed E-state index contributed by atoms with van der Waals surface area (Å²) in [6.45, 7) is 2.02. The Hall–Kier alpha value is -1.11. The van der Waals surface area contributed by atoms with E-state index in [9.17, 15) is 13.2 Å². The van der Waals surface area contributed by atoms with Crippen LogP contribution in [-0.4, -0.2) is 16.3 Å². The highest BCUT2D eigenvalue weighted by Gasteiger charge is 2.27. The predicted molar refractivity (Wildman–Crippen MR) is 55.1 cm³/mol. The number of aryl methyl sites for hydroxylation is 1. The first-order valence-corrected chi connectivity index (χ1v) is 5.57. The van der Waals surface area contributed by atoms with Crippen molar-refractivity contribution in [1.82, 2.24) is 10.1 Å². The van der Waals surface area contributed by atoms with Gasteiger partial charge < -0.3 is 10.3 Å². The van der Waals surface area contributed by atoms with E-state index in [2.05, 4.69) is 10.1 Å². The molecule has 4 nitrogen and oxygen atoms in total. The average molecular weight is 251 g/mol. The predicted octanol–water partition coefficient (Wildman–Crippen LogP) is 2.75. The molecule has 0 aliphatic carbocycles. The van der Waals surface area contributed by atoms with E-state index < -0.39 is 12.6 Å². The fourth-order valence-electron chi connectivity index (χ4n) is 1.32. The molecule has 0 saturated carbocycles. The summed E-state index contributed by atoms with van der Waals surface area (Å²) in [6.07, 6.45) is -2.82. The van der Waals surface area contributed by atoms with E-state index in [0.717, 1.165) is 12.8 Å². The molecular formula is C10H16F3N3O. The van der Waals surface area contributed by atoms with Gasteiger partial charge in [0.15, 0.2) is 5.82 Å². The lowest BCUT2D eigenvalue weighted by Gasteiger charge is -2.04. The van der Waals surface area contributed by atoms with Gasteiger partial charge >= 0.3 is 6.18 Å². The molecule has 1 aromatic rings. The van der Waals surface area contributed by atoms with Crippen molar-refractivity contribution in [2.24, 2.45) is 5.73 Å². The van der Waals surface area contributed by atoms with E-state index in [0.29, 0.717) is 6.42 Å². The van der Waals surface area contributed by atoms with Gasteiger partial charge in [-0.25, -0.2) is 0 Å². The maximum atomic E-state index is 12.0. The minimum Gasteiger partial charge on any atom is -0.338 e. The monoisotopic (exact) mass is 251 g/mol. The van der Waals surface area contributed by atoms with Crippen LogP contribution < -0.4 is 5.73 Å². The molecule has 1 atom stereocenters. The Balaban J connectivity index is 2.47. The maximum absolute atomic E-state index is 12.0. The van der Waals surface area contributed by atoms with Crippen LogP contribution in [0, 0.1) is 0 Å². The van der Waals surface area contributed by atoms with E-state index in [1.165, 1.54) is 0 Å². The number of aromatic nitrogens is 2. The Labute approximate surface area is 97.4 Å². The van der Waals surface area contributed by atoms with Crippen LogP contribution in [-0.2, 0) is 6.42 Å². The fourth-order valence-corrected chi connectivity index (χ4v) is 1.32. The van der Waals surface area contributed by atoms with Crippen molar-refractivity contribution in [3.63, 3.8) is 0 Å². The number of unbranched alkanes of at least 4 members (excludes halogenated alkanes) is 1. The Kier molecular flexibility index (Phi) is 4.92. The van der Waals surface area contributed by atoms with Crippen LogP contribution in [0.5, 0.6) is 0 Å². The molecule has 2 N–H and O–H groups in total. The average Bonchev–Trinajstić information content (AvgIpc) is 2.70. The summed E-state index contributed by atoms with van der Waals surface area (Å²) in [4.78, 5) is 3.86. The third-order valence-electron chi connectivity index (χ3n) is 2.30. The molecular weight excluding hydrogens is 235 g/mol. The lowest BCUT2D eigenvalue weighted by atomic mass is 10.1. The Morgan fingerprint density at radius 3 is 2.71 bits per heavy atom. The van der Waals surface area contributed by atoms with Crippen LogP contribution >= 0.6 is 0 Å². The van der Waals surface area contributed by atoms with Crippen LogP contribution in [0.3, 0.4) is 0 Å². The van der Waals surface area contributed by atoms with E-state index >= 15 is 0 Å². The fraction of sp³-hybridized carbons (Fsp3) is 0.800. The summed E-state index contributed by atoms with van der Waals surface area (Å²) < 4.78 is 40.7. The highest BCUT2D eigenvalue weighted by Crippen LogP contribution is 2.22. The van der Waals surface area contributed by atoms with Crippen molar-refractivity contribution in [1.29, 1.82) is 0 Å². The molecule has 1 aromatic heterocycles. The summed E-state index contributed by atoms with van der Waals surface area (Å²) >= 11 is 0. The summed E-state index contributed by atoms with van der Waals surface area (Å²) in [7, 11) is 0. The Bertz CT molecular complexity index is 338. The molecule has 1 rings (SSSR count). The van der Waals surface area contributed by atoms with E-state index in [4.69, 9.17) is 10.3 Å². The van der Waals surface area contributed by atoms with Gasteiger partial charge in [-0.2, -0.15) is 18.2 Å². The standard InChI is InChI=1S/C10H16F3N3O/c1-2-3-4-7(14)9-15-8(16-17-9)5-6-10(11,12)13/h7H,2-6,14H2,1H3. The zero-order valence-corrected chi connectivity index (χ0v) is 9.63. The zero-order chi connectivity index (χ0) is 12.9. The molecule has 1 heterocycles. The van der Waals surface area contributed by atoms with Gasteiger partial charge in [-0.15, -0.1) is 0 Å². The van der Waals surface area contributed by atoms with Crippen molar-refractivity contribution in [3.8, 4) is 0 Å². The van der Waals surface area contributed by atoms with Gasteiger partial charge in [-0.05, 0) is 6.42 Å². The van der Waals surface area contributed by atoms with E-state index in [1.54, 1.807) is 0 Å². The smallest absolute Gasteiger partial charge is 0.338 e. The van der Waals surface area contributed by atoms with Crippen LogP contribution in [0.4, 0.5) is 13.2 Å². The summed E-state index contributed by atoms with van der Waals surface area (Å²) in [5, 5.41) is 3.48. The Morgan fingerprint density at radius 2 is 2.12 bits per heavy atom. The van der Waals surface area contributed by atoms with Gasteiger partial charge in [0.25, 0.3) is 0 Å². The topological polar surface area (TPSA) is 64.9 Å². The van der Waals surface area contributed by atoms with Gasteiger partial charge in [0.05, 0.1) is 12.5 Å². The van der Waals surface area contributed by atoms with Crippen LogP contribution in [0.15, 0.2) is 4.52 Å². The first-order valence-electron chi connectivity index (χ1n) is 5.57. The first kappa shape index (κ1) is 14.0. The van der Waals surface area contributed by atoms with Crippen LogP contribution in [0.1, 0.15) is 50.4 Å². The molecule has 0 amide bonds. The maximum Gasteiger partial charge on any atom is 0.389 e. The molecule has 0 fully saturated rings. The Morgan fingerprint density at radius 1 is 1.41 bits per heavy atom. The van der Waals surface area contributed by atoms with Gasteiger partial charge in [-0.3, -0.25) is 0 Å². The van der Waals surface area contributed by atoms with Gasteiger partial charge in [0.2, 0.25) is 5.89 Å². The molecule has 0 bridgehead atoms. The van der Waals surface area contributed by atoms with Crippen molar-refractivity contribution < 1.29 is 17.7 Å². The van der Waals surface area contributed by atoms with Gasteiger partial charge in [0.1, 0.15) is 0 Å². The lowest BCUT2D eigenvalue weighted by Crippen LogP contribution is -2.11. The quantitative estimate of drug-likeness (QED) is 0.844. The number of hydrogen-bond acceptors (Lipinski definition) is 4. The third kappa shape index (κ3) is 5.16. The number of nitrogens with two attached hydrogens (primary N) is 1. The number of alkyl halides is 3. The summed E-state index contributed by atoms with van der Waals surface area (Å²) in [5.41, 5.74) is 5.76. The minimum atomic E-state index is -4.20. The van der Waals surface area contributed by atoms with Gasteiger partial charge in [0, 0.05) is 6.42 Å². The molecule has 98 valence electrons. The zero-order valence-electron chi connectivity index (χ0n) is 9.63. The third-order valence-corrected chi connectivity index (χ3v) is 2.30. The van der Waals surface area contributed by atoms with Crippen molar-refractivity contribution in [3.05, 3.63) is 11.7 Å². The largest absolute Gasteiger partial charge is 0.389 e. The normalized spacial score (nSPS) is 13.9. The molecule has 7 heteroatoms. The van der Waals surface area contributed by atoms with E-state index in [-0.39, 0.29) is 24.2 Å². The second kappa shape index (κ2) is 6.00. The number of hydrogen-bond donors (Lipinski definition) is 1. The van der Waals surface area contributed by atoms with Crippen molar-refractivity contribution in [2.75, 3.05) is 0 Å². The van der Waals surface area contributed by atoms with Crippen molar-refractivity contribution in [2.45, 2.75) is 51.2 Å². The molecule has 0 aliphatic rings. The second-order valence-corrected chi connectivity index (χ2v) is 3.91. The van der Waals surface area contributed by atoms with Crippen LogP contribution in [0.2, 0.25) is 0 Å². The molecule has 0 saturated heterocycles. The molecule has 0 spiro atoms. The molecule has 0 aromatic carbocycles. The number of nitrogens with zero attached hydrogens (tertiary/aromatic N) is 2. The number of halogens is 3. The first-order chi connectivity index (χ1) is 7.92. The molecule has 1 unspecified atom stereocenters. The highest BCUT2D eigenvalue weighted by atomic mass is 19.4. The number of rotatable bonds is 6. The van der Waals surface area contributed by atoms with Crippen LogP contribution in [0.25, 0.3) is 0 Å². The lowest BCUT2D eigenvalue weighted by molar-refractivity contribution is -0.134. The molecule has 0 radical (unpaired) electrons. The van der Waals surface area contributed by atoms with Gasteiger partial charge in [-0.1, -0.05) is 24.9 Å².